The molecule has 5 heteroatoms. The maximum atomic E-state index is 11.5. The molecule has 0 spiro atoms. The third-order valence-electron chi connectivity index (χ3n) is 5.03. The first-order valence-corrected chi connectivity index (χ1v) is 8.99. The number of hydrogen-bond donors (Lipinski definition) is 1. The van der Waals surface area contributed by atoms with E-state index in [1.165, 1.54) is 5.56 Å². The minimum atomic E-state index is 0.0391. The minimum Gasteiger partial charge on any atom is -0.494 e. The summed E-state index contributed by atoms with van der Waals surface area (Å²) in [5, 5.41) is 4.23. The van der Waals surface area contributed by atoms with Crippen molar-refractivity contribution in [2.75, 3.05) is 25.1 Å². The van der Waals surface area contributed by atoms with E-state index in [0.29, 0.717) is 5.92 Å². The van der Waals surface area contributed by atoms with Gasteiger partial charge in [-0.15, -0.1) is 0 Å². The average molecular weight is 341 g/mol. The van der Waals surface area contributed by atoms with Crippen LogP contribution in [0.25, 0.3) is 10.9 Å². The highest BCUT2D eigenvalue weighted by molar-refractivity contribution is 5.89. The molecule has 134 valence electrons. The predicted molar refractivity (Wildman–Crippen MR) is 101 cm³/mol. The smallest absolute Gasteiger partial charge is 0.217 e. The molecule has 3 rings (SSSR count). The van der Waals surface area contributed by atoms with Gasteiger partial charge in [0.05, 0.1) is 13.2 Å². The second kappa shape index (κ2) is 7.30. The van der Waals surface area contributed by atoms with Crippen LogP contribution in [0.4, 0.5) is 5.82 Å². The van der Waals surface area contributed by atoms with Gasteiger partial charge in [0.2, 0.25) is 5.91 Å². The standard InChI is InChI=1S/C20H27N3O2/c1-5-7-15-11-23(12-17(15)21-14(3)24)19-10-13(2)16-8-6-9-18(25-4)20(16)22-19/h6,8-10,15,17H,5,7,11-12H2,1-4H3,(H,21,24)/t15-,17-/m1/s1. The fourth-order valence-electron chi connectivity index (χ4n) is 3.85. The number of benzene rings is 1. The van der Waals surface area contributed by atoms with Crippen LogP contribution >= 0.6 is 0 Å². The molecule has 0 radical (unpaired) electrons. The van der Waals surface area contributed by atoms with Gasteiger partial charge in [0.1, 0.15) is 17.1 Å². The molecule has 2 atom stereocenters. The molecule has 0 unspecified atom stereocenters. The molecular weight excluding hydrogens is 314 g/mol. The SMILES string of the molecule is CCC[C@@H]1CN(c2cc(C)c3cccc(OC)c3n2)C[C@H]1NC(C)=O. The summed E-state index contributed by atoms with van der Waals surface area (Å²) in [6, 6.07) is 8.35. The quantitative estimate of drug-likeness (QED) is 0.907. The number of aromatic nitrogens is 1. The molecular formula is C20H27N3O2. The Morgan fingerprint density at radius 3 is 2.88 bits per heavy atom. The van der Waals surface area contributed by atoms with Gasteiger partial charge in [-0.3, -0.25) is 4.79 Å². The number of pyridine rings is 1. The van der Waals surface area contributed by atoms with Crippen LogP contribution in [0.1, 0.15) is 32.3 Å². The first kappa shape index (κ1) is 17.5. The zero-order chi connectivity index (χ0) is 18.0. The van der Waals surface area contributed by atoms with Gasteiger partial charge in [-0.2, -0.15) is 0 Å². The molecule has 25 heavy (non-hydrogen) atoms. The number of anilines is 1. The van der Waals surface area contributed by atoms with Crippen molar-refractivity contribution < 1.29 is 9.53 Å². The number of fused-ring (bicyclic) bond motifs is 1. The van der Waals surface area contributed by atoms with E-state index in [1.54, 1.807) is 14.0 Å². The van der Waals surface area contributed by atoms with Crippen LogP contribution in [-0.2, 0) is 4.79 Å². The third kappa shape index (κ3) is 3.55. The Kier molecular flexibility index (Phi) is 5.11. The summed E-state index contributed by atoms with van der Waals surface area (Å²) in [4.78, 5) is 18.7. The monoisotopic (exact) mass is 341 g/mol. The van der Waals surface area contributed by atoms with Crippen LogP contribution in [-0.4, -0.2) is 37.1 Å². The molecule has 2 heterocycles. The molecule has 1 fully saturated rings. The highest BCUT2D eigenvalue weighted by atomic mass is 16.5. The Bertz CT molecular complexity index is 775. The first-order chi connectivity index (χ1) is 12.0. The normalized spacial score (nSPS) is 20.1. The number of nitrogens with zero attached hydrogens (tertiary/aromatic N) is 2. The molecule has 1 aliphatic heterocycles. The molecule has 0 saturated carbocycles. The predicted octanol–water partition coefficient (Wildman–Crippen LogP) is 3.29. The Labute approximate surface area is 149 Å². The molecule has 1 aliphatic rings. The van der Waals surface area contributed by atoms with E-state index in [1.807, 2.05) is 12.1 Å². The molecule has 0 aliphatic carbocycles. The maximum Gasteiger partial charge on any atom is 0.217 e. The van der Waals surface area contributed by atoms with Gasteiger partial charge in [0, 0.05) is 25.4 Å². The van der Waals surface area contributed by atoms with Crippen molar-refractivity contribution in [3.63, 3.8) is 0 Å². The van der Waals surface area contributed by atoms with Crippen molar-refractivity contribution >= 4 is 22.6 Å². The van der Waals surface area contributed by atoms with E-state index in [4.69, 9.17) is 9.72 Å². The lowest BCUT2D eigenvalue weighted by Crippen LogP contribution is -2.39. The largest absolute Gasteiger partial charge is 0.494 e. The van der Waals surface area contributed by atoms with E-state index in [-0.39, 0.29) is 11.9 Å². The Balaban J connectivity index is 1.94. The van der Waals surface area contributed by atoms with Crippen LogP contribution < -0.4 is 15.0 Å². The summed E-state index contributed by atoms with van der Waals surface area (Å²) < 4.78 is 5.50. The van der Waals surface area contributed by atoms with Crippen LogP contribution in [0.15, 0.2) is 24.3 Å². The number of aryl methyl sites for hydroxylation is 1. The van der Waals surface area contributed by atoms with Gasteiger partial charge >= 0.3 is 0 Å². The summed E-state index contributed by atoms with van der Waals surface area (Å²) in [5.41, 5.74) is 2.09. The lowest BCUT2D eigenvalue weighted by molar-refractivity contribution is -0.119. The number of para-hydroxylation sites is 1. The summed E-state index contributed by atoms with van der Waals surface area (Å²) in [6.07, 6.45) is 2.23. The number of carbonyl (C=O) groups is 1. The number of carbonyl (C=O) groups excluding carboxylic acids is 1. The number of hydrogen-bond acceptors (Lipinski definition) is 4. The molecule has 1 N–H and O–H groups in total. The van der Waals surface area contributed by atoms with Gasteiger partial charge in [0.15, 0.2) is 0 Å². The number of nitrogens with one attached hydrogen (secondary N) is 1. The van der Waals surface area contributed by atoms with Gasteiger partial charge < -0.3 is 15.0 Å². The Morgan fingerprint density at radius 2 is 2.20 bits per heavy atom. The zero-order valence-corrected chi connectivity index (χ0v) is 15.5. The molecule has 1 aromatic carbocycles. The Morgan fingerprint density at radius 1 is 1.40 bits per heavy atom. The molecule has 1 amide bonds. The van der Waals surface area contributed by atoms with Gasteiger partial charge in [0.25, 0.3) is 0 Å². The molecule has 1 aromatic heterocycles. The van der Waals surface area contributed by atoms with Gasteiger partial charge in [-0.1, -0.05) is 25.5 Å². The van der Waals surface area contributed by atoms with Crippen LogP contribution in [0, 0.1) is 12.8 Å². The molecule has 0 bridgehead atoms. The average Bonchev–Trinajstić information content (AvgIpc) is 2.96. The van der Waals surface area contributed by atoms with E-state index >= 15 is 0 Å². The summed E-state index contributed by atoms with van der Waals surface area (Å²) >= 11 is 0. The number of ether oxygens (including phenoxy) is 1. The second-order valence-electron chi connectivity index (χ2n) is 6.91. The van der Waals surface area contributed by atoms with Crippen molar-refractivity contribution in [3.05, 3.63) is 29.8 Å². The topological polar surface area (TPSA) is 54.5 Å². The highest BCUT2D eigenvalue weighted by Crippen LogP contribution is 2.32. The van der Waals surface area contributed by atoms with Crippen LogP contribution in [0.2, 0.25) is 0 Å². The Hall–Kier alpha value is -2.30. The van der Waals surface area contributed by atoms with E-state index in [9.17, 15) is 4.79 Å². The van der Waals surface area contributed by atoms with Crippen molar-refractivity contribution in [2.24, 2.45) is 5.92 Å². The summed E-state index contributed by atoms with van der Waals surface area (Å²) in [7, 11) is 1.68. The molecule has 2 aromatic rings. The third-order valence-corrected chi connectivity index (χ3v) is 5.03. The van der Waals surface area contributed by atoms with Crippen molar-refractivity contribution in [3.8, 4) is 5.75 Å². The van der Waals surface area contributed by atoms with Crippen molar-refractivity contribution in [1.29, 1.82) is 0 Å². The van der Waals surface area contributed by atoms with Gasteiger partial charge in [-0.05, 0) is 37.0 Å². The lowest BCUT2D eigenvalue weighted by atomic mass is 9.98. The fourth-order valence-corrected chi connectivity index (χ4v) is 3.85. The first-order valence-electron chi connectivity index (χ1n) is 8.99. The number of amides is 1. The van der Waals surface area contributed by atoms with Crippen LogP contribution in [0.3, 0.4) is 0 Å². The number of methoxy groups -OCH3 is 1. The second-order valence-corrected chi connectivity index (χ2v) is 6.91. The zero-order valence-electron chi connectivity index (χ0n) is 15.5. The van der Waals surface area contributed by atoms with Crippen molar-refractivity contribution in [1.82, 2.24) is 10.3 Å². The maximum absolute atomic E-state index is 11.5. The minimum absolute atomic E-state index is 0.0391. The number of rotatable bonds is 5. The molecule has 5 nitrogen and oxygen atoms in total. The molecule has 1 saturated heterocycles. The van der Waals surface area contributed by atoms with Crippen LogP contribution in [0.5, 0.6) is 5.75 Å². The summed E-state index contributed by atoms with van der Waals surface area (Å²) in [6.45, 7) is 7.62. The lowest BCUT2D eigenvalue weighted by Gasteiger charge is -2.19. The fraction of sp³-hybridized carbons (Fsp3) is 0.500. The van der Waals surface area contributed by atoms with Gasteiger partial charge in [-0.25, -0.2) is 4.98 Å². The van der Waals surface area contributed by atoms with E-state index in [2.05, 4.69) is 36.2 Å². The highest BCUT2D eigenvalue weighted by Gasteiger charge is 2.33. The van der Waals surface area contributed by atoms with E-state index < -0.39 is 0 Å². The van der Waals surface area contributed by atoms with E-state index in [0.717, 1.165) is 48.4 Å². The van der Waals surface area contributed by atoms with Crippen molar-refractivity contribution in [2.45, 2.75) is 39.7 Å². The summed E-state index contributed by atoms with van der Waals surface area (Å²) in [5.74, 6) is 2.26.